The van der Waals surface area contributed by atoms with Crippen molar-refractivity contribution in [2.45, 2.75) is 32.1 Å². The molecule has 2 aliphatic rings. The first-order chi connectivity index (χ1) is 23.7. The highest BCUT2D eigenvalue weighted by atomic mass is 16.3. The van der Waals surface area contributed by atoms with E-state index in [0.717, 1.165) is 74.0 Å². The van der Waals surface area contributed by atoms with Crippen molar-refractivity contribution < 1.29 is 8.83 Å². The van der Waals surface area contributed by atoms with Crippen molar-refractivity contribution >= 4 is 50.4 Å². The number of fused-ring (bicyclic) bond motifs is 6. The summed E-state index contributed by atoms with van der Waals surface area (Å²) in [4.78, 5) is 5.41. The maximum absolute atomic E-state index is 6.65. The van der Waals surface area contributed by atoms with Crippen LogP contribution < -0.4 is 0 Å². The fourth-order valence-electron chi connectivity index (χ4n) is 7.72. The van der Waals surface area contributed by atoms with Gasteiger partial charge in [0.1, 0.15) is 22.5 Å². The summed E-state index contributed by atoms with van der Waals surface area (Å²) in [6, 6.07) is 41.0. The lowest BCUT2D eigenvalue weighted by Crippen LogP contribution is -2.25. The molecular formula is C45H35NO2. The third-order valence-corrected chi connectivity index (χ3v) is 10.0. The third kappa shape index (κ3) is 4.86. The number of para-hydroxylation sites is 1. The van der Waals surface area contributed by atoms with Crippen molar-refractivity contribution in [3.05, 3.63) is 179 Å². The molecule has 3 heterocycles. The van der Waals surface area contributed by atoms with Crippen LogP contribution in [-0.2, 0) is 12.8 Å². The van der Waals surface area contributed by atoms with Gasteiger partial charge in [-0.25, -0.2) is 0 Å². The minimum absolute atomic E-state index is 0.229. The lowest BCUT2D eigenvalue weighted by atomic mass is 9.76. The summed E-state index contributed by atoms with van der Waals surface area (Å²) in [5.41, 5.74) is 12.0. The van der Waals surface area contributed by atoms with Crippen molar-refractivity contribution in [3.8, 4) is 0 Å². The molecule has 3 nitrogen and oxygen atoms in total. The van der Waals surface area contributed by atoms with Crippen LogP contribution in [0.4, 0.5) is 0 Å². The van der Waals surface area contributed by atoms with E-state index in [1.807, 2.05) is 6.07 Å². The van der Waals surface area contributed by atoms with Crippen molar-refractivity contribution in [1.82, 2.24) is 0 Å². The van der Waals surface area contributed by atoms with Crippen LogP contribution in [0.25, 0.3) is 44.7 Å². The van der Waals surface area contributed by atoms with E-state index < -0.39 is 0 Å². The second-order valence-electron chi connectivity index (χ2n) is 12.9. The molecular weight excluding hydrogens is 587 g/mol. The summed E-state index contributed by atoms with van der Waals surface area (Å²) in [5.74, 6) is 1.44. The molecule has 48 heavy (non-hydrogen) atoms. The normalized spacial score (nSPS) is 17.4. The molecule has 0 radical (unpaired) electrons. The van der Waals surface area contributed by atoms with Crippen molar-refractivity contribution in [2.24, 2.45) is 10.9 Å². The fraction of sp³-hybridized carbons (Fsp3) is 0.133. The smallest absolute Gasteiger partial charge is 0.142 e. The number of nitrogens with zero attached hydrogens (tertiary/aromatic N) is 1. The molecule has 7 aromatic rings. The minimum Gasteiger partial charge on any atom is -0.456 e. The predicted molar refractivity (Wildman–Crippen MR) is 199 cm³/mol. The zero-order valence-corrected chi connectivity index (χ0v) is 26.9. The summed E-state index contributed by atoms with van der Waals surface area (Å²) < 4.78 is 13.2. The largest absolute Gasteiger partial charge is 0.456 e. The van der Waals surface area contributed by atoms with E-state index in [2.05, 4.69) is 146 Å². The van der Waals surface area contributed by atoms with Crippen LogP contribution in [0.2, 0.25) is 0 Å². The number of rotatable bonds is 6. The number of benzene rings is 5. The first-order valence-corrected chi connectivity index (χ1v) is 17.0. The molecule has 3 heteroatoms. The Morgan fingerprint density at radius 3 is 2.33 bits per heavy atom. The number of hydrogen-bond acceptors (Lipinski definition) is 3. The molecule has 0 N–H and O–H groups in total. The second-order valence-corrected chi connectivity index (χ2v) is 12.9. The molecule has 1 unspecified atom stereocenters. The van der Waals surface area contributed by atoms with E-state index in [-0.39, 0.29) is 5.92 Å². The van der Waals surface area contributed by atoms with Gasteiger partial charge in [-0.15, -0.1) is 0 Å². The van der Waals surface area contributed by atoms with Crippen LogP contribution in [0.5, 0.6) is 0 Å². The Morgan fingerprint density at radius 1 is 0.708 bits per heavy atom. The van der Waals surface area contributed by atoms with Gasteiger partial charge in [-0.2, -0.15) is 0 Å². The van der Waals surface area contributed by atoms with Gasteiger partial charge in [0, 0.05) is 51.1 Å². The molecule has 0 spiro atoms. The Hall–Kier alpha value is -5.67. The molecule has 5 aromatic carbocycles. The van der Waals surface area contributed by atoms with Gasteiger partial charge in [0.05, 0.1) is 11.4 Å². The molecule has 0 bridgehead atoms. The van der Waals surface area contributed by atoms with Gasteiger partial charge in [-0.3, -0.25) is 4.99 Å². The standard InChI is InChI=1S/C45H35NO2/c1-2-33-36(30-16-6-3-7-17-30)28-40(46-43(33)31-18-8-4-9-19-31)32-20-14-15-29(25-32)26-39-44-37(34-21-10-5-11-23-41(34)47-44)27-38-35-22-12-13-24-42(35)48-45(38)39/h3-20,22-25,27-28,33,36H,2,21,26H2,1H3/t33-,36?/m0/s1. The molecule has 232 valence electrons. The molecule has 2 aromatic heterocycles. The Kier molecular flexibility index (Phi) is 7.04. The van der Waals surface area contributed by atoms with Crippen LogP contribution in [0.1, 0.15) is 58.4 Å². The maximum Gasteiger partial charge on any atom is 0.142 e. The topological polar surface area (TPSA) is 38.6 Å². The number of hydrogen-bond donors (Lipinski definition) is 0. The van der Waals surface area contributed by atoms with E-state index in [1.165, 1.54) is 22.3 Å². The van der Waals surface area contributed by atoms with E-state index in [4.69, 9.17) is 13.8 Å². The highest BCUT2D eigenvalue weighted by molar-refractivity contribution is 6.12. The van der Waals surface area contributed by atoms with Gasteiger partial charge in [-0.1, -0.05) is 122 Å². The number of furan rings is 2. The van der Waals surface area contributed by atoms with Crippen LogP contribution >= 0.6 is 0 Å². The van der Waals surface area contributed by atoms with Crippen LogP contribution in [0.3, 0.4) is 0 Å². The highest BCUT2D eigenvalue weighted by Gasteiger charge is 2.30. The first-order valence-electron chi connectivity index (χ1n) is 17.0. The van der Waals surface area contributed by atoms with Gasteiger partial charge in [0.25, 0.3) is 0 Å². The van der Waals surface area contributed by atoms with Gasteiger partial charge in [0.15, 0.2) is 0 Å². The Balaban J connectivity index is 1.19. The molecule has 0 saturated heterocycles. The van der Waals surface area contributed by atoms with Gasteiger partial charge < -0.3 is 8.83 Å². The molecule has 9 rings (SSSR count). The van der Waals surface area contributed by atoms with E-state index in [1.54, 1.807) is 0 Å². The summed E-state index contributed by atoms with van der Waals surface area (Å²) in [7, 11) is 0. The SMILES string of the molecule is CC[C@@H]1C(c2ccccc2)=NC(c2cccc(Cc3c4oc5c(c4cc4c3oc3ccccc34)CC=CC=C5)c2)=CC1c1ccccc1. The zero-order valence-electron chi connectivity index (χ0n) is 26.9. The maximum atomic E-state index is 6.65. The zero-order chi connectivity index (χ0) is 32.0. The Bertz CT molecular complexity index is 2440. The van der Waals surface area contributed by atoms with Gasteiger partial charge in [-0.05, 0) is 59.9 Å². The summed E-state index contributed by atoms with van der Waals surface area (Å²) in [6.45, 7) is 2.28. The van der Waals surface area contributed by atoms with Crippen molar-refractivity contribution in [3.63, 3.8) is 0 Å². The van der Waals surface area contributed by atoms with E-state index >= 15 is 0 Å². The van der Waals surface area contributed by atoms with E-state index in [9.17, 15) is 0 Å². The second kappa shape index (κ2) is 11.8. The Labute approximate surface area is 280 Å². The quantitative estimate of drug-likeness (QED) is 0.185. The third-order valence-electron chi connectivity index (χ3n) is 10.0. The van der Waals surface area contributed by atoms with Crippen molar-refractivity contribution in [2.75, 3.05) is 0 Å². The summed E-state index contributed by atoms with van der Waals surface area (Å²) >= 11 is 0. The molecule has 0 amide bonds. The minimum atomic E-state index is 0.229. The fourth-order valence-corrected chi connectivity index (χ4v) is 7.72. The van der Waals surface area contributed by atoms with Crippen molar-refractivity contribution in [1.29, 1.82) is 0 Å². The molecule has 1 aliphatic carbocycles. The van der Waals surface area contributed by atoms with Crippen LogP contribution in [-0.4, -0.2) is 5.71 Å². The highest BCUT2D eigenvalue weighted by Crippen LogP contribution is 2.42. The average molecular weight is 622 g/mol. The predicted octanol–water partition coefficient (Wildman–Crippen LogP) is 11.7. The molecule has 0 fully saturated rings. The monoisotopic (exact) mass is 621 g/mol. The average Bonchev–Trinajstić information content (AvgIpc) is 3.60. The molecule has 0 saturated carbocycles. The van der Waals surface area contributed by atoms with Crippen LogP contribution in [0, 0.1) is 5.92 Å². The molecule has 2 atom stereocenters. The summed E-state index contributed by atoms with van der Waals surface area (Å²) in [5, 5.41) is 3.43. The number of aliphatic imine (C=N–C) groups is 1. The van der Waals surface area contributed by atoms with Crippen LogP contribution in [0.15, 0.2) is 153 Å². The van der Waals surface area contributed by atoms with Gasteiger partial charge >= 0.3 is 0 Å². The van der Waals surface area contributed by atoms with Gasteiger partial charge in [0.2, 0.25) is 0 Å². The summed E-state index contributed by atoms with van der Waals surface area (Å²) in [6.07, 6.45) is 13.3. The lowest BCUT2D eigenvalue weighted by molar-refractivity contribution is 0.593. The Morgan fingerprint density at radius 2 is 1.48 bits per heavy atom. The lowest BCUT2D eigenvalue weighted by Gasteiger charge is -2.30. The number of allylic oxidation sites excluding steroid dienone is 4. The molecule has 1 aliphatic heterocycles. The first kappa shape index (κ1) is 28.5. The van der Waals surface area contributed by atoms with E-state index in [0.29, 0.717) is 12.3 Å².